The predicted octanol–water partition coefficient (Wildman–Crippen LogP) is 4.47. The Bertz CT molecular complexity index is 380. The molecule has 1 saturated carbocycles. The first-order chi connectivity index (χ1) is 7.70. The fourth-order valence-corrected chi connectivity index (χ4v) is 2.66. The number of anilines is 1. The highest BCUT2D eigenvalue weighted by atomic mass is 79.9. The lowest BCUT2D eigenvalue weighted by atomic mass is 9.93. The zero-order valence-corrected chi connectivity index (χ0v) is 11.6. The molecule has 0 unspecified atom stereocenters. The van der Waals surface area contributed by atoms with Crippen LogP contribution in [-0.4, -0.2) is 12.6 Å². The normalized spacial score (nSPS) is 15.7. The SMILES string of the molecule is CCOc1c(Br)cc(Cl)cc1NC1CCC1. The van der Waals surface area contributed by atoms with Crippen molar-refractivity contribution in [1.29, 1.82) is 0 Å². The molecule has 1 fully saturated rings. The number of nitrogens with one attached hydrogen (secondary N) is 1. The molecule has 1 aromatic rings. The molecule has 4 heteroatoms. The summed E-state index contributed by atoms with van der Waals surface area (Å²) in [4.78, 5) is 0. The first kappa shape index (κ1) is 12.1. The van der Waals surface area contributed by atoms with Gasteiger partial charge in [-0.25, -0.2) is 0 Å². The van der Waals surface area contributed by atoms with E-state index in [2.05, 4.69) is 21.2 Å². The molecule has 2 rings (SSSR count). The third kappa shape index (κ3) is 2.64. The number of rotatable bonds is 4. The quantitative estimate of drug-likeness (QED) is 0.886. The Kier molecular flexibility index (Phi) is 3.98. The van der Waals surface area contributed by atoms with Gasteiger partial charge >= 0.3 is 0 Å². The Morgan fingerprint density at radius 3 is 2.81 bits per heavy atom. The summed E-state index contributed by atoms with van der Waals surface area (Å²) in [5.41, 5.74) is 0.992. The summed E-state index contributed by atoms with van der Waals surface area (Å²) in [7, 11) is 0. The Morgan fingerprint density at radius 2 is 2.25 bits per heavy atom. The van der Waals surface area contributed by atoms with E-state index in [1.807, 2.05) is 19.1 Å². The molecule has 0 atom stereocenters. The van der Waals surface area contributed by atoms with Gasteiger partial charge in [0.1, 0.15) is 0 Å². The summed E-state index contributed by atoms with van der Waals surface area (Å²) in [6.45, 7) is 2.63. The van der Waals surface area contributed by atoms with Gasteiger partial charge in [-0.05, 0) is 54.2 Å². The molecule has 0 amide bonds. The molecule has 16 heavy (non-hydrogen) atoms. The van der Waals surface area contributed by atoms with Crippen LogP contribution in [-0.2, 0) is 0 Å². The molecule has 0 spiro atoms. The van der Waals surface area contributed by atoms with E-state index in [1.54, 1.807) is 0 Å². The van der Waals surface area contributed by atoms with Gasteiger partial charge in [-0.3, -0.25) is 0 Å². The smallest absolute Gasteiger partial charge is 0.156 e. The highest BCUT2D eigenvalue weighted by Gasteiger charge is 2.19. The summed E-state index contributed by atoms with van der Waals surface area (Å²) in [5, 5.41) is 4.19. The van der Waals surface area contributed by atoms with Crippen molar-refractivity contribution in [2.75, 3.05) is 11.9 Å². The van der Waals surface area contributed by atoms with Crippen LogP contribution in [0, 0.1) is 0 Å². The molecule has 1 aromatic carbocycles. The van der Waals surface area contributed by atoms with Crippen LogP contribution in [0.2, 0.25) is 5.02 Å². The zero-order valence-electron chi connectivity index (χ0n) is 9.22. The van der Waals surface area contributed by atoms with Gasteiger partial charge in [0.05, 0.1) is 16.8 Å². The number of hydrogen-bond acceptors (Lipinski definition) is 2. The van der Waals surface area contributed by atoms with E-state index >= 15 is 0 Å². The second kappa shape index (κ2) is 5.28. The molecule has 1 N–H and O–H groups in total. The summed E-state index contributed by atoms with van der Waals surface area (Å²) in [6.07, 6.45) is 3.77. The maximum atomic E-state index is 6.04. The van der Waals surface area contributed by atoms with Gasteiger partial charge in [-0.15, -0.1) is 0 Å². The highest BCUT2D eigenvalue weighted by molar-refractivity contribution is 9.10. The maximum absolute atomic E-state index is 6.04. The van der Waals surface area contributed by atoms with Crippen molar-refractivity contribution in [2.45, 2.75) is 32.2 Å². The van der Waals surface area contributed by atoms with Crippen molar-refractivity contribution in [3.8, 4) is 5.75 Å². The molecule has 1 aliphatic rings. The molecular weight excluding hydrogens is 289 g/mol. The summed E-state index contributed by atoms with van der Waals surface area (Å²) in [5.74, 6) is 0.860. The van der Waals surface area contributed by atoms with Crippen molar-refractivity contribution < 1.29 is 4.74 Å². The van der Waals surface area contributed by atoms with Crippen molar-refractivity contribution in [2.24, 2.45) is 0 Å². The highest BCUT2D eigenvalue weighted by Crippen LogP contribution is 2.38. The van der Waals surface area contributed by atoms with E-state index in [0.717, 1.165) is 20.9 Å². The predicted molar refractivity (Wildman–Crippen MR) is 71.6 cm³/mol. The van der Waals surface area contributed by atoms with Crippen LogP contribution in [0.25, 0.3) is 0 Å². The Hall–Kier alpha value is -0.410. The fourth-order valence-electron chi connectivity index (χ4n) is 1.73. The van der Waals surface area contributed by atoms with Crippen molar-refractivity contribution in [1.82, 2.24) is 0 Å². The van der Waals surface area contributed by atoms with Gasteiger partial charge < -0.3 is 10.1 Å². The van der Waals surface area contributed by atoms with Gasteiger partial charge in [0, 0.05) is 11.1 Å². The Balaban J connectivity index is 2.24. The third-order valence-corrected chi connectivity index (χ3v) is 3.57. The van der Waals surface area contributed by atoms with Gasteiger partial charge in [0.15, 0.2) is 5.75 Å². The molecule has 2 nitrogen and oxygen atoms in total. The van der Waals surface area contributed by atoms with Gasteiger partial charge in [-0.2, -0.15) is 0 Å². The molecule has 88 valence electrons. The topological polar surface area (TPSA) is 21.3 Å². The molecule has 0 heterocycles. The van der Waals surface area contributed by atoms with Crippen molar-refractivity contribution >= 4 is 33.2 Å². The molecule has 0 aromatic heterocycles. The number of halogens is 2. The lowest BCUT2D eigenvalue weighted by Gasteiger charge is -2.28. The average molecular weight is 305 g/mol. The van der Waals surface area contributed by atoms with Gasteiger partial charge in [-0.1, -0.05) is 11.6 Å². The van der Waals surface area contributed by atoms with Crippen LogP contribution < -0.4 is 10.1 Å². The second-order valence-corrected chi connectivity index (χ2v) is 5.26. The molecule has 0 aliphatic heterocycles. The Labute approximate surface area is 109 Å². The van der Waals surface area contributed by atoms with Crippen molar-refractivity contribution in [3.05, 3.63) is 21.6 Å². The number of benzene rings is 1. The minimum Gasteiger partial charge on any atom is -0.491 e. The van der Waals surface area contributed by atoms with E-state index in [1.165, 1.54) is 19.3 Å². The number of hydrogen-bond donors (Lipinski definition) is 1. The largest absolute Gasteiger partial charge is 0.491 e. The first-order valence-electron chi connectivity index (χ1n) is 5.59. The van der Waals surface area contributed by atoms with Crippen LogP contribution in [0.3, 0.4) is 0 Å². The molecule has 0 bridgehead atoms. The van der Waals surface area contributed by atoms with E-state index in [4.69, 9.17) is 16.3 Å². The first-order valence-corrected chi connectivity index (χ1v) is 6.76. The van der Waals surface area contributed by atoms with E-state index in [-0.39, 0.29) is 0 Å². The van der Waals surface area contributed by atoms with Crippen LogP contribution >= 0.6 is 27.5 Å². The van der Waals surface area contributed by atoms with Crippen LogP contribution in [0.15, 0.2) is 16.6 Å². The maximum Gasteiger partial charge on any atom is 0.156 e. The molecule has 0 radical (unpaired) electrons. The van der Waals surface area contributed by atoms with Crippen LogP contribution in [0.1, 0.15) is 26.2 Å². The standard InChI is InChI=1S/C12H15BrClNO/c1-2-16-12-10(13)6-8(14)7-11(12)15-9-4-3-5-9/h6-7,9,15H,2-5H2,1H3. The molecular formula is C12H15BrClNO. The zero-order chi connectivity index (χ0) is 11.5. The number of ether oxygens (including phenoxy) is 1. The summed E-state index contributed by atoms with van der Waals surface area (Å²) >= 11 is 9.52. The van der Waals surface area contributed by atoms with Crippen LogP contribution in [0.4, 0.5) is 5.69 Å². The monoisotopic (exact) mass is 303 g/mol. The summed E-state index contributed by atoms with van der Waals surface area (Å²) < 4.78 is 6.53. The fraction of sp³-hybridized carbons (Fsp3) is 0.500. The van der Waals surface area contributed by atoms with Gasteiger partial charge in [0.25, 0.3) is 0 Å². The minimum absolute atomic E-state index is 0.574. The minimum atomic E-state index is 0.574. The average Bonchev–Trinajstić information content (AvgIpc) is 2.16. The lowest BCUT2D eigenvalue weighted by Crippen LogP contribution is -2.27. The summed E-state index contributed by atoms with van der Waals surface area (Å²) in [6, 6.07) is 4.36. The Morgan fingerprint density at radius 1 is 1.50 bits per heavy atom. The van der Waals surface area contributed by atoms with Crippen LogP contribution in [0.5, 0.6) is 5.75 Å². The second-order valence-electron chi connectivity index (χ2n) is 3.97. The van der Waals surface area contributed by atoms with E-state index in [9.17, 15) is 0 Å². The lowest BCUT2D eigenvalue weighted by molar-refractivity contribution is 0.338. The third-order valence-electron chi connectivity index (χ3n) is 2.76. The molecule has 0 saturated heterocycles. The van der Waals surface area contributed by atoms with E-state index < -0.39 is 0 Å². The van der Waals surface area contributed by atoms with Crippen molar-refractivity contribution in [3.63, 3.8) is 0 Å². The van der Waals surface area contributed by atoms with Gasteiger partial charge in [0.2, 0.25) is 0 Å². The molecule has 1 aliphatic carbocycles. The van der Waals surface area contributed by atoms with E-state index in [0.29, 0.717) is 12.6 Å².